The summed E-state index contributed by atoms with van der Waals surface area (Å²) >= 11 is 0. The molecule has 0 bridgehead atoms. The average Bonchev–Trinajstić information content (AvgIpc) is 2.42. The first-order valence-electron chi connectivity index (χ1n) is 6.54. The molecule has 0 spiro atoms. The monoisotopic (exact) mass is 299 g/mol. The molecule has 0 aliphatic heterocycles. The fourth-order valence-electron chi connectivity index (χ4n) is 2.08. The van der Waals surface area contributed by atoms with E-state index >= 15 is 0 Å². The van der Waals surface area contributed by atoms with Gasteiger partial charge in [0, 0.05) is 25.7 Å². The summed E-state index contributed by atoms with van der Waals surface area (Å²) in [6.45, 7) is 0. The van der Waals surface area contributed by atoms with Gasteiger partial charge in [0.25, 0.3) is 0 Å². The lowest BCUT2D eigenvalue weighted by molar-refractivity contribution is 0.0697. The Bertz CT molecular complexity index is 697. The molecule has 0 atom stereocenters. The maximum Gasteiger partial charge on any atom is 0.337 e. The summed E-state index contributed by atoms with van der Waals surface area (Å²) in [5.74, 6) is -1.05. The van der Waals surface area contributed by atoms with Crippen molar-refractivity contribution in [3.8, 4) is 12.1 Å². The Hall–Kier alpha value is -2.83. The van der Waals surface area contributed by atoms with Crippen LogP contribution in [0, 0.1) is 22.7 Å². The van der Waals surface area contributed by atoms with E-state index in [2.05, 4.69) is 0 Å². The van der Waals surface area contributed by atoms with Gasteiger partial charge in [-0.3, -0.25) is 4.48 Å². The van der Waals surface area contributed by atoms with Gasteiger partial charge < -0.3 is 10.0 Å². The molecule has 1 rings (SSSR count). The highest BCUT2D eigenvalue weighted by atomic mass is 16.4. The number of quaternary nitrogens is 1. The number of rotatable bonds is 4. The predicted molar refractivity (Wildman–Crippen MR) is 86.5 cm³/mol. The number of hydrogen-bond acceptors (Lipinski definition) is 4. The summed E-state index contributed by atoms with van der Waals surface area (Å²) in [4.78, 5) is 13.2. The van der Waals surface area contributed by atoms with Gasteiger partial charge in [-0.1, -0.05) is 0 Å². The maximum atomic E-state index is 11.5. The van der Waals surface area contributed by atoms with Crippen LogP contribution in [0.5, 0.6) is 0 Å². The lowest BCUT2D eigenvalue weighted by Crippen LogP contribution is -2.36. The summed E-state index contributed by atoms with van der Waals surface area (Å²) in [5, 5.41) is 27.3. The number of allylic oxidation sites excluding steroid dienone is 1. The first-order valence-corrected chi connectivity index (χ1v) is 6.54. The number of carboxylic acid groups (broad SMARTS) is 1. The number of nitriles is 2. The molecule has 6 nitrogen and oxygen atoms in total. The SMILES string of the molecule is CN(C)c1cc([N+](C)(C)C)c(C=C(C#N)C#N)cc1C(=O)O. The maximum absolute atomic E-state index is 11.5. The smallest absolute Gasteiger partial charge is 0.337 e. The van der Waals surface area contributed by atoms with Crippen LogP contribution in [0.2, 0.25) is 0 Å². The van der Waals surface area contributed by atoms with E-state index in [4.69, 9.17) is 10.5 Å². The van der Waals surface area contributed by atoms with Gasteiger partial charge in [0.2, 0.25) is 0 Å². The summed E-state index contributed by atoms with van der Waals surface area (Å²) in [6, 6.07) is 6.88. The van der Waals surface area contributed by atoms with Gasteiger partial charge in [-0.25, -0.2) is 4.79 Å². The van der Waals surface area contributed by atoms with Gasteiger partial charge in [0.1, 0.15) is 23.4 Å². The molecule has 0 fully saturated rings. The summed E-state index contributed by atoms with van der Waals surface area (Å²) in [6.07, 6.45) is 1.42. The normalized spacial score (nSPS) is 10.3. The zero-order chi connectivity index (χ0) is 17.1. The second-order valence-corrected chi connectivity index (χ2v) is 5.92. The Morgan fingerprint density at radius 1 is 1.23 bits per heavy atom. The standard InChI is InChI=1S/C16H18N4O2/c1-19(2)14-8-15(20(3,4)5)12(6-11(9-17)10-18)7-13(14)16(21)22/h6-8H,1-5H3/p+1. The van der Waals surface area contributed by atoms with Crippen LogP contribution < -0.4 is 9.38 Å². The molecule has 6 heteroatoms. The largest absolute Gasteiger partial charge is 0.478 e. The van der Waals surface area contributed by atoms with E-state index in [-0.39, 0.29) is 11.1 Å². The minimum atomic E-state index is -1.05. The number of hydrogen-bond donors (Lipinski definition) is 1. The van der Waals surface area contributed by atoms with Crippen molar-refractivity contribution in [1.82, 2.24) is 4.48 Å². The van der Waals surface area contributed by atoms with Gasteiger partial charge >= 0.3 is 5.97 Å². The Morgan fingerprint density at radius 3 is 2.14 bits per heavy atom. The van der Waals surface area contributed by atoms with Crippen molar-refractivity contribution in [2.75, 3.05) is 40.1 Å². The number of carboxylic acids is 1. The first kappa shape index (κ1) is 17.2. The second kappa shape index (κ2) is 6.30. The molecule has 22 heavy (non-hydrogen) atoms. The highest BCUT2D eigenvalue weighted by Gasteiger charge is 2.23. The Balaban J connectivity index is 3.79. The molecule has 0 aliphatic rings. The third-order valence-corrected chi connectivity index (χ3v) is 3.12. The molecule has 0 aliphatic carbocycles. The lowest BCUT2D eigenvalue weighted by Gasteiger charge is -2.27. The van der Waals surface area contributed by atoms with Crippen LogP contribution in [0.3, 0.4) is 0 Å². The van der Waals surface area contributed by atoms with E-state index in [9.17, 15) is 9.90 Å². The van der Waals surface area contributed by atoms with E-state index in [1.807, 2.05) is 21.1 Å². The fourth-order valence-corrected chi connectivity index (χ4v) is 2.08. The van der Waals surface area contributed by atoms with Crippen molar-refractivity contribution in [2.24, 2.45) is 0 Å². The fraction of sp³-hybridized carbons (Fsp3) is 0.312. The number of carbonyl (C=O) groups is 1. The topological polar surface area (TPSA) is 88.1 Å². The molecule has 0 radical (unpaired) electrons. The van der Waals surface area contributed by atoms with Crippen molar-refractivity contribution in [2.45, 2.75) is 0 Å². The van der Waals surface area contributed by atoms with Gasteiger partial charge in [0.05, 0.1) is 32.4 Å². The third kappa shape index (κ3) is 3.63. The van der Waals surface area contributed by atoms with Crippen LogP contribution in [-0.2, 0) is 0 Å². The van der Waals surface area contributed by atoms with Gasteiger partial charge in [0.15, 0.2) is 0 Å². The van der Waals surface area contributed by atoms with Gasteiger partial charge in [-0.15, -0.1) is 0 Å². The van der Waals surface area contributed by atoms with Crippen molar-refractivity contribution in [1.29, 1.82) is 10.5 Å². The Morgan fingerprint density at radius 2 is 1.77 bits per heavy atom. The van der Waals surface area contributed by atoms with Crippen molar-refractivity contribution in [3.63, 3.8) is 0 Å². The summed E-state index contributed by atoms with van der Waals surface area (Å²) in [5.41, 5.74) is 2.00. The van der Waals surface area contributed by atoms with Crippen LogP contribution in [-0.4, -0.2) is 46.3 Å². The van der Waals surface area contributed by atoms with E-state index in [1.54, 1.807) is 37.2 Å². The number of nitrogens with zero attached hydrogens (tertiary/aromatic N) is 4. The molecule has 0 saturated heterocycles. The van der Waals surface area contributed by atoms with Gasteiger partial charge in [-0.05, 0) is 12.1 Å². The molecule has 1 N–H and O–H groups in total. The molecule has 0 unspecified atom stereocenters. The van der Waals surface area contributed by atoms with Crippen LogP contribution in [0.15, 0.2) is 17.7 Å². The lowest BCUT2D eigenvalue weighted by atomic mass is 10.0. The second-order valence-electron chi connectivity index (χ2n) is 5.92. The molecule has 1 aromatic rings. The highest BCUT2D eigenvalue weighted by Crippen LogP contribution is 2.33. The number of benzene rings is 1. The van der Waals surface area contributed by atoms with Gasteiger partial charge in [-0.2, -0.15) is 10.5 Å². The van der Waals surface area contributed by atoms with Crippen molar-refractivity contribution >= 4 is 23.4 Å². The van der Waals surface area contributed by atoms with E-state index in [0.29, 0.717) is 15.7 Å². The molecular formula is C16H19N4O2+. The Kier molecular flexibility index (Phi) is 4.93. The van der Waals surface area contributed by atoms with E-state index in [1.165, 1.54) is 12.1 Å². The number of anilines is 1. The minimum Gasteiger partial charge on any atom is -0.478 e. The zero-order valence-corrected chi connectivity index (χ0v) is 13.4. The van der Waals surface area contributed by atoms with Crippen LogP contribution in [0.1, 0.15) is 15.9 Å². The average molecular weight is 299 g/mol. The van der Waals surface area contributed by atoms with E-state index < -0.39 is 5.97 Å². The molecule has 0 heterocycles. The van der Waals surface area contributed by atoms with Crippen LogP contribution in [0.25, 0.3) is 6.08 Å². The zero-order valence-electron chi connectivity index (χ0n) is 13.4. The molecule has 0 saturated carbocycles. The van der Waals surface area contributed by atoms with E-state index in [0.717, 1.165) is 5.69 Å². The minimum absolute atomic E-state index is 0.0661. The summed E-state index contributed by atoms with van der Waals surface area (Å²) in [7, 11) is 9.35. The van der Waals surface area contributed by atoms with Crippen LogP contribution in [0.4, 0.5) is 11.4 Å². The molecule has 1 aromatic carbocycles. The molecule has 0 aromatic heterocycles. The molecular weight excluding hydrogens is 280 g/mol. The number of aromatic carboxylic acids is 1. The summed E-state index contributed by atoms with van der Waals surface area (Å²) < 4.78 is 0.427. The first-order chi connectivity index (χ1) is 10.1. The quantitative estimate of drug-likeness (QED) is 0.679. The Labute approximate surface area is 130 Å². The predicted octanol–water partition coefficient (Wildman–Crippen LogP) is 2.08. The van der Waals surface area contributed by atoms with Crippen molar-refractivity contribution < 1.29 is 9.90 Å². The highest BCUT2D eigenvalue weighted by molar-refractivity contribution is 5.97. The molecule has 0 amide bonds. The van der Waals surface area contributed by atoms with Crippen LogP contribution >= 0.6 is 0 Å². The third-order valence-electron chi connectivity index (χ3n) is 3.12. The molecule has 114 valence electrons. The van der Waals surface area contributed by atoms with Crippen molar-refractivity contribution in [3.05, 3.63) is 28.8 Å².